The van der Waals surface area contributed by atoms with Gasteiger partial charge in [-0.1, -0.05) is 18.2 Å². The molecule has 1 aromatic carbocycles. The fraction of sp³-hybridized carbons (Fsp3) is 0.526. The molecule has 2 unspecified atom stereocenters. The van der Waals surface area contributed by atoms with Gasteiger partial charge in [0.15, 0.2) is 5.96 Å². The van der Waals surface area contributed by atoms with E-state index in [-0.39, 0.29) is 24.0 Å². The molecule has 0 aliphatic carbocycles. The normalized spacial score (nSPS) is 21.3. The van der Waals surface area contributed by atoms with Crippen molar-refractivity contribution in [2.24, 2.45) is 4.99 Å². The predicted molar refractivity (Wildman–Crippen MR) is 116 cm³/mol. The van der Waals surface area contributed by atoms with Gasteiger partial charge in [0.25, 0.3) is 0 Å². The lowest BCUT2D eigenvalue weighted by atomic mass is 9.93. The lowest BCUT2D eigenvalue weighted by Gasteiger charge is -2.27. The van der Waals surface area contributed by atoms with E-state index in [4.69, 9.17) is 9.73 Å². The van der Waals surface area contributed by atoms with Crippen LogP contribution in [0.4, 0.5) is 0 Å². The summed E-state index contributed by atoms with van der Waals surface area (Å²) in [7, 11) is 0. The first-order valence-electron chi connectivity index (χ1n) is 9.46. The van der Waals surface area contributed by atoms with Gasteiger partial charge in [0.05, 0.1) is 13.2 Å². The van der Waals surface area contributed by atoms with Crippen molar-refractivity contribution in [2.75, 3.05) is 19.7 Å². The van der Waals surface area contributed by atoms with Gasteiger partial charge >= 0.3 is 0 Å². The van der Waals surface area contributed by atoms with Crippen molar-refractivity contribution in [3.05, 3.63) is 42.0 Å². The third-order valence-electron chi connectivity index (χ3n) is 5.04. The van der Waals surface area contributed by atoms with E-state index < -0.39 is 0 Å². The minimum absolute atomic E-state index is 0. The van der Waals surface area contributed by atoms with E-state index in [1.807, 2.05) is 16.8 Å². The highest BCUT2D eigenvalue weighted by molar-refractivity contribution is 14.0. The Kier molecular flexibility index (Phi) is 6.92. The molecule has 2 aliphatic heterocycles. The van der Waals surface area contributed by atoms with Crippen molar-refractivity contribution in [1.82, 2.24) is 25.4 Å². The number of benzene rings is 1. The molecule has 4 rings (SSSR count). The second kappa shape index (κ2) is 9.38. The maximum atomic E-state index is 5.76. The smallest absolute Gasteiger partial charge is 0.191 e. The Hall–Kier alpha value is -1.84. The molecule has 0 saturated carbocycles. The molecule has 0 spiro atoms. The largest absolute Gasteiger partial charge is 0.493 e. The molecule has 7 nitrogen and oxygen atoms in total. The highest BCUT2D eigenvalue weighted by Crippen LogP contribution is 2.33. The quantitative estimate of drug-likeness (QED) is 0.398. The zero-order chi connectivity index (χ0) is 17.8. The first kappa shape index (κ1) is 19.9. The maximum Gasteiger partial charge on any atom is 0.191 e. The number of guanidine groups is 1. The standard InChI is InChI=1S/C19H26N6O.HI/c1-2-20-19(24-15-7-8-18-22-13-23-25(18)12-15)21-11-14-9-10-26-17-6-4-3-5-16(14)17;/h3-6,13-15H,2,7-12H2,1H3,(H2,20,21,24);1H. The number of hydrogen-bond acceptors (Lipinski definition) is 4. The maximum absolute atomic E-state index is 5.76. The SMILES string of the molecule is CCNC(=NCC1CCOc2ccccc21)NC1CCc2ncnn2C1.I. The summed E-state index contributed by atoms with van der Waals surface area (Å²) < 4.78 is 7.75. The molecule has 3 heterocycles. The average molecular weight is 482 g/mol. The summed E-state index contributed by atoms with van der Waals surface area (Å²) in [4.78, 5) is 9.16. The van der Waals surface area contributed by atoms with E-state index in [2.05, 4.69) is 39.8 Å². The van der Waals surface area contributed by atoms with Crippen LogP contribution in [0.5, 0.6) is 5.75 Å². The first-order valence-corrected chi connectivity index (χ1v) is 9.46. The summed E-state index contributed by atoms with van der Waals surface area (Å²) in [6, 6.07) is 8.63. The number of hydrogen-bond donors (Lipinski definition) is 2. The molecule has 8 heteroatoms. The summed E-state index contributed by atoms with van der Waals surface area (Å²) in [5, 5.41) is 11.2. The van der Waals surface area contributed by atoms with Crippen LogP contribution in [0.2, 0.25) is 0 Å². The van der Waals surface area contributed by atoms with Gasteiger partial charge in [-0.25, -0.2) is 9.67 Å². The Morgan fingerprint density at radius 3 is 3.11 bits per heavy atom. The van der Waals surface area contributed by atoms with Crippen molar-refractivity contribution in [2.45, 2.75) is 44.7 Å². The Morgan fingerprint density at radius 2 is 2.22 bits per heavy atom. The van der Waals surface area contributed by atoms with Crippen LogP contribution in [-0.4, -0.2) is 46.5 Å². The Balaban J connectivity index is 0.00000210. The van der Waals surface area contributed by atoms with Crippen molar-refractivity contribution in [3.8, 4) is 5.75 Å². The summed E-state index contributed by atoms with van der Waals surface area (Å²) in [5.74, 6) is 3.36. The number of nitrogens with one attached hydrogen (secondary N) is 2. The van der Waals surface area contributed by atoms with Crippen molar-refractivity contribution < 1.29 is 4.74 Å². The third-order valence-corrected chi connectivity index (χ3v) is 5.04. The Bertz CT molecular complexity index is 777. The van der Waals surface area contributed by atoms with Crippen LogP contribution in [0, 0.1) is 0 Å². The molecule has 0 saturated heterocycles. The van der Waals surface area contributed by atoms with Gasteiger partial charge in [-0.3, -0.25) is 4.99 Å². The summed E-state index contributed by atoms with van der Waals surface area (Å²) in [6.45, 7) is 5.30. The molecule has 27 heavy (non-hydrogen) atoms. The van der Waals surface area contributed by atoms with Crippen LogP contribution in [-0.2, 0) is 13.0 Å². The van der Waals surface area contributed by atoms with Crippen molar-refractivity contribution in [1.29, 1.82) is 0 Å². The number of halogens is 1. The molecule has 2 atom stereocenters. The van der Waals surface area contributed by atoms with Crippen LogP contribution >= 0.6 is 24.0 Å². The van der Waals surface area contributed by atoms with Crippen molar-refractivity contribution in [3.63, 3.8) is 0 Å². The van der Waals surface area contributed by atoms with E-state index in [9.17, 15) is 0 Å². The van der Waals surface area contributed by atoms with Gasteiger partial charge in [-0.15, -0.1) is 24.0 Å². The summed E-state index contributed by atoms with van der Waals surface area (Å²) in [5.41, 5.74) is 1.27. The van der Waals surface area contributed by atoms with Gasteiger partial charge in [-0.2, -0.15) is 5.10 Å². The van der Waals surface area contributed by atoms with E-state index in [1.54, 1.807) is 6.33 Å². The van der Waals surface area contributed by atoms with Gasteiger partial charge in [0.2, 0.25) is 0 Å². The van der Waals surface area contributed by atoms with Gasteiger partial charge in [-0.05, 0) is 31.4 Å². The van der Waals surface area contributed by atoms with Crippen molar-refractivity contribution >= 4 is 29.9 Å². The topological polar surface area (TPSA) is 76.4 Å². The number of rotatable bonds is 4. The monoisotopic (exact) mass is 482 g/mol. The first-order chi connectivity index (χ1) is 12.8. The second-order valence-corrected chi connectivity index (χ2v) is 6.83. The van der Waals surface area contributed by atoms with Crippen LogP contribution in [0.1, 0.15) is 37.1 Å². The predicted octanol–water partition coefficient (Wildman–Crippen LogP) is 2.33. The molecule has 0 fully saturated rings. The van der Waals surface area contributed by atoms with Crippen LogP contribution < -0.4 is 15.4 Å². The number of ether oxygens (including phenoxy) is 1. The van der Waals surface area contributed by atoms with Gasteiger partial charge in [0, 0.05) is 31.5 Å². The number of fused-ring (bicyclic) bond motifs is 2. The fourth-order valence-corrected chi connectivity index (χ4v) is 3.68. The molecule has 0 amide bonds. The molecule has 2 aromatic rings. The molecule has 0 bridgehead atoms. The number of aromatic nitrogens is 3. The highest BCUT2D eigenvalue weighted by atomic mass is 127. The molecule has 2 N–H and O–H groups in total. The molecule has 2 aliphatic rings. The number of aryl methyl sites for hydroxylation is 1. The van der Waals surface area contributed by atoms with Gasteiger partial charge in [0.1, 0.15) is 17.9 Å². The van der Waals surface area contributed by atoms with E-state index >= 15 is 0 Å². The number of para-hydroxylation sites is 1. The molecular formula is C19H27IN6O. The van der Waals surface area contributed by atoms with E-state index in [0.29, 0.717) is 12.0 Å². The second-order valence-electron chi connectivity index (χ2n) is 6.83. The summed E-state index contributed by atoms with van der Waals surface area (Å²) >= 11 is 0. The fourth-order valence-electron chi connectivity index (χ4n) is 3.68. The van der Waals surface area contributed by atoms with E-state index in [1.165, 1.54) is 5.56 Å². The molecular weight excluding hydrogens is 455 g/mol. The third kappa shape index (κ3) is 4.72. The lowest BCUT2D eigenvalue weighted by Crippen LogP contribution is -2.47. The van der Waals surface area contributed by atoms with Crippen LogP contribution in [0.15, 0.2) is 35.6 Å². The lowest BCUT2D eigenvalue weighted by molar-refractivity contribution is 0.269. The average Bonchev–Trinajstić information content (AvgIpc) is 3.14. The van der Waals surface area contributed by atoms with E-state index in [0.717, 1.165) is 63.0 Å². The molecule has 146 valence electrons. The molecule has 1 aromatic heterocycles. The number of aliphatic imine (C=N–C) groups is 1. The molecule has 0 radical (unpaired) electrons. The van der Waals surface area contributed by atoms with Gasteiger partial charge < -0.3 is 15.4 Å². The zero-order valence-corrected chi connectivity index (χ0v) is 17.9. The zero-order valence-electron chi connectivity index (χ0n) is 15.6. The number of nitrogens with zero attached hydrogens (tertiary/aromatic N) is 4. The Morgan fingerprint density at radius 1 is 1.33 bits per heavy atom. The minimum atomic E-state index is 0. The van der Waals surface area contributed by atoms with Crippen LogP contribution in [0.3, 0.4) is 0 Å². The highest BCUT2D eigenvalue weighted by Gasteiger charge is 2.22. The summed E-state index contributed by atoms with van der Waals surface area (Å²) in [6.07, 6.45) is 4.64. The van der Waals surface area contributed by atoms with Crippen LogP contribution in [0.25, 0.3) is 0 Å². The Labute approximate surface area is 177 Å². The minimum Gasteiger partial charge on any atom is -0.493 e.